The van der Waals surface area contributed by atoms with Gasteiger partial charge >= 0.3 is 0 Å². The minimum atomic E-state index is -0.918. The Labute approximate surface area is 151 Å². The van der Waals surface area contributed by atoms with Gasteiger partial charge in [-0.05, 0) is 30.5 Å². The van der Waals surface area contributed by atoms with Gasteiger partial charge in [0.15, 0.2) is 4.80 Å². The zero-order valence-electron chi connectivity index (χ0n) is 13.9. The van der Waals surface area contributed by atoms with Gasteiger partial charge in [-0.25, -0.2) is 8.78 Å². The summed E-state index contributed by atoms with van der Waals surface area (Å²) < 4.78 is 30.6. The van der Waals surface area contributed by atoms with Gasteiger partial charge in [-0.3, -0.25) is 4.79 Å². The van der Waals surface area contributed by atoms with Crippen LogP contribution in [0.5, 0.6) is 0 Å². The van der Waals surface area contributed by atoms with Gasteiger partial charge in [0.05, 0.1) is 10.2 Å². The molecule has 0 aliphatic carbocycles. The van der Waals surface area contributed by atoms with Crippen LogP contribution in [-0.2, 0) is 6.54 Å². The highest BCUT2D eigenvalue weighted by Crippen LogP contribution is 2.27. The first-order valence-corrected chi connectivity index (χ1v) is 8.96. The number of aryl methyl sites for hydroxylation is 1. The average molecular weight is 368 g/mol. The van der Waals surface area contributed by atoms with Crippen molar-refractivity contribution in [1.29, 1.82) is 0 Å². The fourth-order valence-electron chi connectivity index (χ4n) is 3.03. The number of hydrogen-bond acceptors (Lipinski definition) is 2. The highest BCUT2D eigenvalue weighted by molar-refractivity contribution is 7.17. The van der Waals surface area contributed by atoms with Crippen molar-refractivity contribution in [3.8, 4) is 0 Å². The van der Waals surface area contributed by atoms with Gasteiger partial charge in [0.2, 0.25) is 0 Å². The Bertz CT molecular complexity index is 1200. The molecule has 0 bridgehead atoms. The topological polar surface area (TPSA) is 34.4 Å². The fraction of sp³-hybridized carbons (Fsp3) is 0.100. The predicted octanol–water partition coefficient (Wildman–Crippen LogP) is 4.90. The molecule has 0 atom stereocenters. The van der Waals surface area contributed by atoms with Crippen molar-refractivity contribution in [2.75, 3.05) is 0 Å². The first kappa shape index (κ1) is 16.6. The zero-order valence-corrected chi connectivity index (χ0v) is 14.7. The van der Waals surface area contributed by atoms with Gasteiger partial charge in [-0.1, -0.05) is 47.7 Å². The summed E-state index contributed by atoms with van der Waals surface area (Å²) in [6, 6.07) is 15.3. The molecule has 3 nitrogen and oxygen atoms in total. The van der Waals surface area contributed by atoms with Gasteiger partial charge < -0.3 is 4.57 Å². The van der Waals surface area contributed by atoms with E-state index in [1.54, 1.807) is 0 Å². The lowest BCUT2D eigenvalue weighted by Gasteiger charge is -2.02. The maximum atomic E-state index is 13.9. The smallest absolute Gasteiger partial charge is 0.285 e. The summed E-state index contributed by atoms with van der Waals surface area (Å²) in [5.41, 5.74) is 0.314. The maximum absolute atomic E-state index is 13.9. The minimum Gasteiger partial charge on any atom is -0.317 e. The lowest BCUT2D eigenvalue weighted by atomic mass is 10.1. The van der Waals surface area contributed by atoms with Crippen LogP contribution in [-0.4, -0.2) is 10.5 Å². The minimum absolute atomic E-state index is 0.423. The summed E-state index contributed by atoms with van der Waals surface area (Å²) in [5, 5.41) is 2.14. The highest BCUT2D eigenvalue weighted by atomic mass is 32.1. The van der Waals surface area contributed by atoms with E-state index in [9.17, 15) is 13.6 Å². The molecule has 0 radical (unpaired) electrons. The standard InChI is InChI=1S/C20H14F2N2OS/c1-2-24-16-11-10-12-6-3-4-7-13(12)18(16)26-20(24)23-19(25)17-14(21)8-5-9-15(17)22/h3-11H,2H2,1H3. The van der Waals surface area contributed by atoms with E-state index < -0.39 is 23.1 Å². The van der Waals surface area contributed by atoms with Crippen LogP contribution in [0.25, 0.3) is 21.0 Å². The van der Waals surface area contributed by atoms with E-state index in [2.05, 4.69) is 4.99 Å². The van der Waals surface area contributed by atoms with E-state index in [0.29, 0.717) is 11.3 Å². The quantitative estimate of drug-likeness (QED) is 0.496. The molecule has 0 unspecified atom stereocenters. The Balaban J connectivity index is 1.97. The SMILES string of the molecule is CCn1c(=NC(=O)c2c(F)cccc2F)sc2c3ccccc3ccc21. The number of benzene rings is 3. The molecular weight excluding hydrogens is 354 g/mol. The Morgan fingerprint density at radius 3 is 2.50 bits per heavy atom. The molecule has 0 saturated heterocycles. The highest BCUT2D eigenvalue weighted by Gasteiger charge is 2.17. The number of amides is 1. The van der Waals surface area contributed by atoms with Crippen LogP contribution in [0.3, 0.4) is 0 Å². The average Bonchev–Trinajstić information content (AvgIpc) is 2.99. The summed E-state index contributed by atoms with van der Waals surface area (Å²) in [4.78, 5) is 16.9. The molecule has 0 aliphatic heterocycles. The second kappa shape index (κ2) is 6.46. The van der Waals surface area contributed by atoms with Crippen LogP contribution < -0.4 is 4.80 Å². The number of hydrogen-bond donors (Lipinski definition) is 0. The molecule has 4 rings (SSSR count). The Hall–Kier alpha value is -2.86. The molecule has 3 aromatic carbocycles. The van der Waals surface area contributed by atoms with Gasteiger partial charge in [-0.15, -0.1) is 0 Å². The largest absolute Gasteiger partial charge is 0.317 e. The number of carbonyl (C=O) groups excluding carboxylic acids is 1. The van der Waals surface area contributed by atoms with Crippen molar-refractivity contribution in [3.05, 3.63) is 76.6 Å². The Morgan fingerprint density at radius 2 is 1.77 bits per heavy atom. The van der Waals surface area contributed by atoms with Crippen LogP contribution in [0.1, 0.15) is 17.3 Å². The summed E-state index contributed by atoms with van der Waals surface area (Å²) in [6.45, 7) is 2.53. The van der Waals surface area contributed by atoms with Crippen molar-refractivity contribution in [3.63, 3.8) is 0 Å². The first-order valence-electron chi connectivity index (χ1n) is 8.14. The van der Waals surface area contributed by atoms with Crippen LogP contribution >= 0.6 is 11.3 Å². The number of carbonyl (C=O) groups is 1. The first-order chi connectivity index (χ1) is 12.6. The molecule has 1 heterocycles. The summed E-state index contributed by atoms with van der Waals surface area (Å²) in [7, 11) is 0. The number of halogens is 2. The van der Waals surface area contributed by atoms with Crippen molar-refractivity contribution in [1.82, 2.24) is 4.57 Å². The lowest BCUT2D eigenvalue weighted by Crippen LogP contribution is -2.16. The second-order valence-corrected chi connectivity index (χ2v) is 6.75. The van der Waals surface area contributed by atoms with Crippen LogP contribution in [0.2, 0.25) is 0 Å². The van der Waals surface area contributed by atoms with Gasteiger partial charge in [0.25, 0.3) is 5.91 Å². The second-order valence-electron chi connectivity index (χ2n) is 5.78. The number of nitrogens with zero attached hydrogens (tertiary/aromatic N) is 2. The van der Waals surface area contributed by atoms with Crippen molar-refractivity contribution in [2.45, 2.75) is 13.5 Å². The van der Waals surface area contributed by atoms with Gasteiger partial charge in [0, 0.05) is 11.9 Å². The molecule has 0 spiro atoms. The number of aromatic nitrogens is 1. The number of thiazole rings is 1. The monoisotopic (exact) mass is 368 g/mol. The fourth-order valence-corrected chi connectivity index (χ4v) is 4.26. The lowest BCUT2D eigenvalue weighted by molar-refractivity contribution is 0.0990. The number of rotatable bonds is 2. The van der Waals surface area contributed by atoms with Crippen LogP contribution in [0.4, 0.5) is 8.78 Å². The summed E-state index contributed by atoms with van der Waals surface area (Å²) in [6.07, 6.45) is 0. The van der Waals surface area contributed by atoms with Crippen LogP contribution in [0, 0.1) is 11.6 Å². The third-order valence-electron chi connectivity index (χ3n) is 4.26. The molecule has 130 valence electrons. The van der Waals surface area contributed by atoms with Crippen molar-refractivity contribution < 1.29 is 13.6 Å². The normalized spacial score (nSPS) is 12.2. The van der Waals surface area contributed by atoms with E-state index in [0.717, 1.165) is 33.1 Å². The van der Waals surface area contributed by atoms with E-state index in [1.165, 1.54) is 17.4 Å². The van der Waals surface area contributed by atoms with Crippen molar-refractivity contribution >= 4 is 38.2 Å². The zero-order chi connectivity index (χ0) is 18.3. The molecule has 6 heteroatoms. The van der Waals surface area contributed by atoms with Crippen LogP contribution in [0.15, 0.2) is 59.6 Å². The summed E-state index contributed by atoms with van der Waals surface area (Å²) >= 11 is 1.34. The van der Waals surface area contributed by atoms with E-state index >= 15 is 0 Å². The Kier molecular flexibility index (Phi) is 4.12. The molecule has 0 saturated carbocycles. The molecule has 1 aromatic heterocycles. The van der Waals surface area contributed by atoms with Gasteiger partial charge in [-0.2, -0.15) is 4.99 Å². The third kappa shape index (κ3) is 2.63. The number of fused-ring (bicyclic) bond motifs is 3. The predicted molar refractivity (Wildman–Crippen MR) is 99.2 cm³/mol. The molecule has 4 aromatic rings. The molecule has 0 fully saturated rings. The molecule has 0 N–H and O–H groups in total. The summed E-state index contributed by atoms with van der Waals surface area (Å²) in [5.74, 6) is -2.74. The van der Waals surface area contributed by atoms with E-state index in [4.69, 9.17) is 0 Å². The van der Waals surface area contributed by atoms with Crippen molar-refractivity contribution in [2.24, 2.45) is 4.99 Å². The van der Waals surface area contributed by atoms with Gasteiger partial charge in [0.1, 0.15) is 17.2 Å². The molecule has 26 heavy (non-hydrogen) atoms. The molecular formula is C20H14F2N2OS. The maximum Gasteiger partial charge on any atom is 0.285 e. The Morgan fingerprint density at radius 1 is 1.04 bits per heavy atom. The molecule has 1 amide bonds. The van der Waals surface area contributed by atoms with E-state index in [-0.39, 0.29) is 0 Å². The third-order valence-corrected chi connectivity index (χ3v) is 5.39. The van der Waals surface area contributed by atoms with E-state index in [1.807, 2.05) is 47.9 Å². The molecule has 0 aliphatic rings.